The van der Waals surface area contributed by atoms with Crippen LogP contribution in [0, 0.1) is 10.8 Å². The zero-order valence-electron chi connectivity index (χ0n) is 11.6. The Balaban J connectivity index is 2.16. The van der Waals surface area contributed by atoms with E-state index >= 15 is 0 Å². The Labute approximate surface area is 112 Å². The highest BCUT2D eigenvalue weighted by Crippen LogP contribution is 2.33. The second-order valence-electron chi connectivity index (χ2n) is 6.20. The van der Waals surface area contributed by atoms with Gasteiger partial charge in [0.1, 0.15) is 5.41 Å². The molecule has 0 bridgehead atoms. The lowest BCUT2D eigenvalue weighted by atomic mass is 9.80. The first kappa shape index (κ1) is 14.0. The van der Waals surface area contributed by atoms with Gasteiger partial charge in [-0.3, -0.25) is 19.8 Å². The molecule has 2 aliphatic heterocycles. The molecular weight excluding hydrogens is 248 g/mol. The maximum Gasteiger partial charge on any atom is 0.330 e. The molecule has 6 heteroatoms. The SMILES string of the molecule is CC1(CN2C(=O)NC(=O)C(C)(C)C2=O)CCOCC1. The molecule has 19 heavy (non-hydrogen) atoms. The Morgan fingerprint density at radius 2 is 1.74 bits per heavy atom. The number of amides is 4. The lowest BCUT2D eigenvalue weighted by molar-refractivity contribution is -0.150. The van der Waals surface area contributed by atoms with E-state index in [0.29, 0.717) is 19.8 Å². The maximum absolute atomic E-state index is 12.3. The van der Waals surface area contributed by atoms with Crippen LogP contribution in [0.15, 0.2) is 0 Å². The first-order chi connectivity index (χ1) is 8.76. The molecular formula is C13H20N2O4. The van der Waals surface area contributed by atoms with Crippen LogP contribution in [0.5, 0.6) is 0 Å². The smallest absolute Gasteiger partial charge is 0.330 e. The van der Waals surface area contributed by atoms with E-state index in [4.69, 9.17) is 4.74 Å². The van der Waals surface area contributed by atoms with Crippen molar-refractivity contribution in [2.24, 2.45) is 10.8 Å². The highest BCUT2D eigenvalue weighted by molar-refractivity contribution is 6.18. The summed E-state index contributed by atoms with van der Waals surface area (Å²) in [6.07, 6.45) is 1.61. The van der Waals surface area contributed by atoms with E-state index in [1.54, 1.807) is 0 Å². The van der Waals surface area contributed by atoms with Gasteiger partial charge in [0.25, 0.3) is 0 Å². The van der Waals surface area contributed by atoms with Crippen molar-refractivity contribution in [1.29, 1.82) is 0 Å². The summed E-state index contributed by atoms with van der Waals surface area (Å²) < 4.78 is 5.31. The second-order valence-corrected chi connectivity index (χ2v) is 6.20. The highest BCUT2D eigenvalue weighted by atomic mass is 16.5. The zero-order valence-corrected chi connectivity index (χ0v) is 11.6. The number of ether oxygens (including phenoxy) is 1. The lowest BCUT2D eigenvalue weighted by Crippen LogP contribution is -2.63. The molecule has 0 saturated carbocycles. The molecule has 0 spiro atoms. The molecule has 2 fully saturated rings. The molecule has 0 radical (unpaired) electrons. The average molecular weight is 268 g/mol. The predicted molar refractivity (Wildman–Crippen MR) is 67.2 cm³/mol. The van der Waals surface area contributed by atoms with Gasteiger partial charge in [0.15, 0.2) is 0 Å². The van der Waals surface area contributed by atoms with Crippen molar-refractivity contribution in [3.63, 3.8) is 0 Å². The summed E-state index contributed by atoms with van der Waals surface area (Å²) in [7, 11) is 0. The summed E-state index contributed by atoms with van der Waals surface area (Å²) in [5.41, 5.74) is -1.32. The Kier molecular flexibility index (Phi) is 3.38. The number of hydrogen-bond acceptors (Lipinski definition) is 4. The van der Waals surface area contributed by atoms with Crippen LogP contribution in [-0.2, 0) is 14.3 Å². The molecule has 2 aliphatic rings. The third-order valence-electron chi connectivity index (χ3n) is 4.05. The first-order valence-electron chi connectivity index (χ1n) is 6.51. The first-order valence-corrected chi connectivity index (χ1v) is 6.51. The van der Waals surface area contributed by atoms with Crippen LogP contribution in [0.2, 0.25) is 0 Å². The topological polar surface area (TPSA) is 75.7 Å². The molecule has 6 nitrogen and oxygen atoms in total. The fraction of sp³-hybridized carbons (Fsp3) is 0.769. The van der Waals surface area contributed by atoms with E-state index < -0.39 is 23.3 Å². The number of hydrogen-bond donors (Lipinski definition) is 1. The van der Waals surface area contributed by atoms with Gasteiger partial charge in [0.05, 0.1) is 0 Å². The van der Waals surface area contributed by atoms with Gasteiger partial charge < -0.3 is 4.74 Å². The molecule has 4 amide bonds. The fourth-order valence-electron chi connectivity index (χ4n) is 2.40. The van der Waals surface area contributed by atoms with E-state index in [2.05, 4.69) is 5.32 Å². The molecule has 2 rings (SSSR count). The van der Waals surface area contributed by atoms with Crippen molar-refractivity contribution in [3.8, 4) is 0 Å². The largest absolute Gasteiger partial charge is 0.381 e. The number of barbiturate groups is 1. The van der Waals surface area contributed by atoms with Crippen LogP contribution < -0.4 is 5.32 Å². The van der Waals surface area contributed by atoms with E-state index in [1.165, 1.54) is 18.7 Å². The highest BCUT2D eigenvalue weighted by Gasteiger charge is 2.48. The van der Waals surface area contributed by atoms with Crippen molar-refractivity contribution < 1.29 is 19.1 Å². The Morgan fingerprint density at radius 3 is 2.32 bits per heavy atom. The number of carbonyl (C=O) groups excluding carboxylic acids is 3. The molecule has 2 saturated heterocycles. The molecule has 0 aromatic heterocycles. The van der Waals surface area contributed by atoms with E-state index in [0.717, 1.165) is 12.8 Å². The Bertz CT molecular complexity index is 424. The fourth-order valence-corrected chi connectivity index (χ4v) is 2.40. The zero-order chi connectivity index (χ0) is 14.3. The maximum atomic E-state index is 12.3. The van der Waals surface area contributed by atoms with Crippen molar-refractivity contribution >= 4 is 17.8 Å². The second kappa shape index (κ2) is 4.59. The van der Waals surface area contributed by atoms with Gasteiger partial charge in [0.2, 0.25) is 11.8 Å². The van der Waals surface area contributed by atoms with Gasteiger partial charge in [0, 0.05) is 19.8 Å². The number of carbonyl (C=O) groups is 3. The van der Waals surface area contributed by atoms with Crippen LogP contribution in [0.4, 0.5) is 4.79 Å². The summed E-state index contributed by atoms with van der Waals surface area (Å²) in [6.45, 7) is 6.73. The van der Waals surface area contributed by atoms with Crippen molar-refractivity contribution in [2.75, 3.05) is 19.8 Å². The van der Waals surface area contributed by atoms with Gasteiger partial charge in [-0.25, -0.2) is 4.79 Å². The minimum absolute atomic E-state index is 0.137. The van der Waals surface area contributed by atoms with Crippen LogP contribution >= 0.6 is 0 Å². The molecule has 106 valence electrons. The van der Waals surface area contributed by atoms with Gasteiger partial charge in [-0.2, -0.15) is 0 Å². The summed E-state index contributed by atoms with van der Waals surface area (Å²) in [5.74, 6) is -0.954. The van der Waals surface area contributed by atoms with Crippen molar-refractivity contribution in [2.45, 2.75) is 33.6 Å². The number of rotatable bonds is 2. The molecule has 2 heterocycles. The monoisotopic (exact) mass is 268 g/mol. The molecule has 0 atom stereocenters. The molecule has 0 unspecified atom stereocenters. The average Bonchev–Trinajstić information content (AvgIpc) is 2.34. The molecule has 0 aliphatic carbocycles. The van der Waals surface area contributed by atoms with Crippen LogP contribution in [0.3, 0.4) is 0 Å². The van der Waals surface area contributed by atoms with Gasteiger partial charge in [-0.05, 0) is 32.1 Å². The Morgan fingerprint density at radius 1 is 1.16 bits per heavy atom. The van der Waals surface area contributed by atoms with E-state index in [-0.39, 0.29) is 5.41 Å². The van der Waals surface area contributed by atoms with Gasteiger partial charge in [-0.15, -0.1) is 0 Å². The standard InChI is InChI=1S/C13H20N2O4/c1-12(2)9(16)14-11(18)15(10(12)17)8-13(3)4-6-19-7-5-13/h4-8H2,1-3H3,(H,14,16,18). The van der Waals surface area contributed by atoms with Crippen LogP contribution in [0.1, 0.15) is 33.6 Å². The van der Waals surface area contributed by atoms with Gasteiger partial charge >= 0.3 is 6.03 Å². The summed E-state index contributed by atoms with van der Waals surface area (Å²) in [4.78, 5) is 37.0. The summed E-state index contributed by atoms with van der Waals surface area (Å²) >= 11 is 0. The van der Waals surface area contributed by atoms with Crippen molar-refractivity contribution in [3.05, 3.63) is 0 Å². The lowest BCUT2D eigenvalue weighted by Gasteiger charge is -2.41. The minimum atomic E-state index is -1.19. The molecule has 0 aromatic rings. The predicted octanol–water partition coefficient (Wildman–Crippen LogP) is 0.908. The normalized spacial score (nSPS) is 26.3. The summed E-state index contributed by atoms with van der Waals surface area (Å²) in [6, 6.07) is -0.609. The van der Waals surface area contributed by atoms with Crippen molar-refractivity contribution in [1.82, 2.24) is 10.2 Å². The quantitative estimate of drug-likeness (QED) is 0.755. The molecule has 1 N–H and O–H groups in total. The summed E-state index contributed by atoms with van der Waals surface area (Å²) in [5, 5.41) is 2.25. The number of urea groups is 1. The number of imide groups is 2. The Hall–Kier alpha value is -1.43. The van der Waals surface area contributed by atoms with E-state index in [1.807, 2.05) is 6.92 Å². The number of nitrogens with zero attached hydrogens (tertiary/aromatic N) is 1. The van der Waals surface area contributed by atoms with E-state index in [9.17, 15) is 14.4 Å². The van der Waals surface area contributed by atoms with Crippen LogP contribution in [-0.4, -0.2) is 42.5 Å². The van der Waals surface area contributed by atoms with Crippen LogP contribution in [0.25, 0.3) is 0 Å². The number of nitrogens with one attached hydrogen (secondary N) is 1. The third-order valence-corrected chi connectivity index (χ3v) is 4.05. The minimum Gasteiger partial charge on any atom is -0.381 e. The third kappa shape index (κ3) is 2.49. The molecule has 0 aromatic carbocycles. The van der Waals surface area contributed by atoms with Gasteiger partial charge in [-0.1, -0.05) is 6.92 Å².